The van der Waals surface area contributed by atoms with Crippen LogP contribution in [0.2, 0.25) is 5.02 Å². The molecule has 194 valence electrons. The van der Waals surface area contributed by atoms with E-state index in [1.165, 1.54) is 0 Å². The molecule has 0 fully saturated rings. The Morgan fingerprint density at radius 2 is 2.00 bits per heavy atom. The number of nitrogens with zero attached hydrogens (tertiary/aromatic N) is 8. The van der Waals surface area contributed by atoms with E-state index in [0.717, 1.165) is 27.9 Å². The van der Waals surface area contributed by atoms with Crippen molar-refractivity contribution in [2.75, 3.05) is 19.5 Å². The molecule has 5 rings (SSSR count). The van der Waals surface area contributed by atoms with E-state index in [0.29, 0.717) is 40.5 Å². The zero-order valence-corrected chi connectivity index (χ0v) is 22.7. The number of benzene rings is 1. The molecule has 0 aliphatic carbocycles. The van der Waals surface area contributed by atoms with Crippen molar-refractivity contribution in [3.05, 3.63) is 69.4 Å². The Morgan fingerprint density at radius 3 is 2.68 bits per heavy atom. The predicted octanol–water partition coefficient (Wildman–Crippen LogP) is 4.26. The minimum atomic E-state index is -0.377. The molecule has 0 spiro atoms. The number of anilines is 1. The van der Waals surface area contributed by atoms with Crippen LogP contribution in [0.5, 0.6) is 0 Å². The van der Waals surface area contributed by atoms with Gasteiger partial charge in [0.25, 0.3) is 0 Å². The van der Waals surface area contributed by atoms with Crippen LogP contribution in [-0.4, -0.2) is 48.0 Å². The van der Waals surface area contributed by atoms with Crippen LogP contribution < -0.4 is 11.1 Å². The van der Waals surface area contributed by atoms with Gasteiger partial charge in [0, 0.05) is 50.5 Å². The van der Waals surface area contributed by atoms with Crippen molar-refractivity contribution in [3.63, 3.8) is 0 Å². The molecule has 38 heavy (non-hydrogen) atoms. The monoisotopic (exact) mass is 529 g/mol. The van der Waals surface area contributed by atoms with Crippen molar-refractivity contribution in [2.45, 2.75) is 26.9 Å². The summed E-state index contributed by atoms with van der Waals surface area (Å²) in [6, 6.07) is 11.6. The number of pyridine rings is 1. The van der Waals surface area contributed by atoms with E-state index in [1.54, 1.807) is 22.0 Å². The normalized spacial score (nSPS) is 11.7. The van der Waals surface area contributed by atoms with E-state index in [2.05, 4.69) is 21.5 Å². The lowest BCUT2D eigenvalue weighted by molar-refractivity contribution is 0.488. The number of hydrogen-bond donors (Lipinski definition) is 1. The maximum Gasteiger partial charge on any atom is 0.351 e. The fourth-order valence-corrected chi connectivity index (χ4v) is 4.86. The van der Waals surface area contributed by atoms with Gasteiger partial charge in [-0.3, -0.25) is 14.2 Å². The van der Waals surface area contributed by atoms with Crippen LogP contribution >= 0.6 is 11.6 Å². The van der Waals surface area contributed by atoms with Crippen LogP contribution in [0, 0.1) is 17.2 Å². The third-order valence-corrected chi connectivity index (χ3v) is 6.47. The highest BCUT2D eigenvalue weighted by Gasteiger charge is 2.25. The summed E-state index contributed by atoms with van der Waals surface area (Å²) in [7, 11) is 5.55. The molecule has 0 aliphatic rings. The molecule has 11 heteroatoms. The summed E-state index contributed by atoms with van der Waals surface area (Å²) in [5.41, 5.74) is 7.16. The summed E-state index contributed by atoms with van der Waals surface area (Å²) in [5, 5.41) is 18.6. The molecule has 0 saturated carbocycles. The highest BCUT2D eigenvalue weighted by atomic mass is 35.5. The largest absolute Gasteiger partial charge is 0.351 e. The first kappa shape index (κ1) is 25.4. The third kappa shape index (κ3) is 4.62. The Kier molecular flexibility index (Phi) is 6.65. The van der Waals surface area contributed by atoms with Gasteiger partial charge in [-0.15, -0.1) is 0 Å². The number of aromatic nitrogens is 6. The zero-order valence-electron chi connectivity index (χ0n) is 21.9. The number of halogens is 1. The quantitative estimate of drug-likeness (QED) is 0.314. The Balaban J connectivity index is 1.86. The van der Waals surface area contributed by atoms with Crippen LogP contribution in [0.4, 0.5) is 5.82 Å². The van der Waals surface area contributed by atoms with E-state index in [9.17, 15) is 10.1 Å². The minimum absolute atomic E-state index is 0.200. The van der Waals surface area contributed by atoms with Gasteiger partial charge in [-0.1, -0.05) is 25.4 Å². The summed E-state index contributed by atoms with van der Waals surface area (Å²) < 4.78 is 5.39. The fraction of sp³-hybridized carbons (Fsp3) is 0.296. The first-order valence-corrected chi connectivity index (χ1v) is 12.6. The van der Waals surface area contributed by atoms with Crippen molar-refractivity contribution < 1.29 is 0 Å². The van der Waals surface area contributed by atoms with E-state index in [4.69, 9.17) is 16.7 Å². The first-order valence-electron chi connectivity index (χ1n) is 12.2. The van der Waals surface area contributed by atoms with E-state index >= 15 is 0 Å². The van der Waals surface area contributed by atoms with Crippen LogP contribution in [0.25, 0.3) is 33.3 Å². The molecular weight excluding hydrogens is 502 g/mol. The molecule has 1 aromatic carbocycles. The average molecular weight is 530 g/mol. The maximum absolute atomic E-state index is 13.2. The highest BCUT2D eigenvalue weighted by Crippen LogP contribution is 2.35. The lowest BCUT2D eigenvalue weighted by Gasteiger charge is -2.16. The molecule has 0 atom stereocenters. The molecule has 10 nitrogen and oxygen atoms in total. The Morgan fingerprint density at radius 1 is 1.21 bits per heavy atom. The third-order valence-electron chi connectivity index (χ3n) is 6.23. The van der Waals surface area contributed by atoms with Crippen LogP contribution in [-0.2, 0) is 20.1 Å². The number of hydrazine groups is 1. The second-order valence-electron chi connectivity index (χ2n) is 9.93. The standard InChI is InChI=1S/C27H28ClN9O/c1-16(2)13-36-26-23(25(31-27(36)38)32-34(3)4)24(22-10-17(12-29)14-35(22)5)37(33-26)15-18-8-9-30-21-7-6-19(28)11-20(18)21/h6-11,14,16H,13,15H2,1-5H3,(H,31,32,38). The number of nitrogens with one attached hydrogen (secondary N) is 1. The Hall–Kier alpha value is -4.20. The molecule has 0 bridgehead atoms. The van der Waals surface area contributed by atoms with Gasteiger partial charge < -0.3 is 9.99 Å². The molecule has 5 aromatic rings. The topological polar surface area (TPSA) is 110 Å². The van der Waals surface area contributed by atoms with Gasteiger partial charge in [0.2, 0.25) is 0 Å². The molecule has 0 unspecified atom stereocenters. The highest BCUT2D eigenvalue weighted by molar-refractivity contribution is 6.31. The summed E-state index contributed by atoms with van der Waals surface area (Å²) in [6.45, 7) is 4.94. The summed E-state index contributed by atoms with van der Waals surface area (Å²) in [6.07, 6.45) is 3.54. The van der Waals surface area contributed by atoms with Gasteiger partial charge in [-0.25, -0.2) is 9.80 Å². The van der Waals surface area contributed by atoms with Gasteiger partial charge in [-0.2, -0.15) is 15.3 Å². The lowest BCUT2D eigenvalue weighted by atomic mass is 10.1. The van der Waals surface area contributed by atoms with Gasteiger partial charge in [0.1, 0.15) is 6.07 Å². The van der Waals surface area contributed by atoms with Crippen molar-refractivity contribution in [3.8, 4) is 17.5 Å². The minimum Gasteiger partial charge on any atom is -0.348 e. The van der Waals surface area contributed by atoms with Crippen LogP contribution in [0.1, 0.15) is 25.0 Å². The van der Waals surface area contributed by atoms with Crippen LogP contribution in [0.3, 0.4) is 0 Å². The van der Waals surface area contributed by atoms with Gasteiger partial charge in [0.05, 0.1) is 34.4 Å². The molecule has 0 saturated heterocycles. The van der Waals surface area contributed by atoms with E-state index in [1.807, 2.05) is 74.6 Å². The van der Waals surface area contributed by atoms with E-state index < -0.39 is 0 Å². The number of aryl methyl sites for hydroxylation is 1. The first-order chi connectivity index (χ1) is 18.2. The summed E-state index contributed by atoms with van der Waals surface area (Å²) in [5.74, 6) is 0.601. The number of nitriles is 1. The van der Waals surface area contributed by atoms with Gasteiger partial charge in [0.15, 0.2) is 11.5 Å². The summed E-state index contributed by atoms with van der Waals surface area (Å²) >= 11 is 6.34. The van der Waals surface area contributed by atoms with Crippen molar-refractivity contribution in [2.24, 2.45) is 13.0 Å². The van der Waals surface area contributed by atoms with Crippen LogP contribution in [0.15, 0.2) is 47.5 Å². The molecule has 0 radical (unpaired) electrons. The Labute approximate surface area is 224 Å². The molecule has 0 amide bonds. The van der Waals surface area contributed by atoms with Gasteiger partial charge >= 0.3 is 5.69 Å². The number of fused-ring (bicyclic) bond motifs is 2. The SMILES string of the molecule is CC(C)Cn1c(=O)nc(NN(C)C)c2c(-c3cc(C#N)cn3C)n(Cc3ccnc4ccc(Cl)cc34)nc21. The smallest absolute Gasteiger partial charge is 0.348 e. The fourth-order valence-electron chi connectivity index (χ4n) is 4.69. The molecule has 1 N–H and O–H groups in total. The summed E-state index contributed by atoms with van der Waals surface area (Å²) in [4.78, 5) is 22.1. The number of rotatable bonds is 7. The lowest BCUT2D eigenvalue weighted by Crippen LogP contribution is -2.29. The maximum atomic E-state index is 13.2. The Bertz CT molecular complexity index is 1770. The van der Waals surface area contributed by atoms with Gasteiger partial charge in [-0.05, 0) is 41.8 Å². The zero-order chi connectivity index (χ0) is 27.1. The van der Waals surface area contributed by atoms with Crippen molar-refractivity contribution >= 4 is 39.4 Å². The molecule has 4 heterocycles. The second-order valence-corrected chi connectivity index (χ2v) is 10.4. The van der Waals surface area contributed by atoms with Crippen molar-refractivity contribution in [1.82, 2.24) is 33.9 Å². The molecule has 0 aliphatic heterocycles. The average Bonchev–Trinajstić information content (AvgIpc) is 3.41. The predicted molar refractivity (Wildman–Crippen MR) is 149 cm³/mol. The second kappa shape index (κ2) is 9.93. The van der Waals surface area contributed by atoms with Crippen molar-refractivity contribution in [1.29, 1.82) is 5.26 Å². The molecular formula is C27H28ClN9O. The molecule has 4 aromatic heterocycles. The van der Waals surface area contributed by atoms with E-state index in [-0.39, 0.29) is 11.6 Å². The number of hydrogen-bond acceptors (Lipinski definition) is 7.